The lowest BCUT2D eigenvalue weighted by Crippen LogP contribution is -2.59. The van der Waals surface area contributed by atoms with Crippen molar-refractivity contribution in [2.75, 3.05) is 13.1 Å². The smallest absolute Gasteiger partial charge is 0.0132 e. The van der Waals surface area contributed by atoms with Crippen LogP contribution in [0.15, 0.2) is 0 Å². The Morgan fingerprint density at radius 2 is 1.35 bits per heavy atom. The average molecular weight is 243 g/mol. The molecule has 0 aromatic carbocycles. The molecule has 3 nitrogen and oxygen atoms in total. The third-order valence-corrected chi connectivity index (χ3v) is 3.49. The molecular formula is C14H33N3. The summed E-state index contributed by atoms with van der Waals surface area (Å²) in [5.41, 5.74) is 12.0. The van der Waals surface area contributed by atoms with E-state index in [0.717, 1.165) is 0 Å². The lowest BCUT2D eigenvalue weighted by molar-refractivity contribution is 0.0969. The zero-order chi connectivity index (χ0) is 13.7. The van der Waals surface area contributed by atoms with Crippen LogP contribution in [0.5, 0.6) is 0 Å². The van der Waals surface area contributed by atoms with E-state index >= 15 is 0 Å². The number of nitrogens with one attached hydrogen (secondary N) is 1. The molecule has 1 rings (SSSR count). The van der Waals surface area contributed by atoms with Crippen molar-refractivity contribution in [1.82, 2.24) is 5.32 Å². The fraction of sp³-hybridized carbons (Fsp3) is 1.00. The van der Waals surface area contributed by atoms with Gasteiger partial charge in [0.1, 0.15) is 0 Å². The molecule has 17 heavy (non-hydrogen) atoms. The van der Waals surface area contributed by atoms with Crippen LogP contribution in [0.25, 0.3) is 0 Å². The quantitative estimate of drug-likeness (QED) is 0.711. The lowest BCUT2D eigenvalue weighted by atomic mass is 9.71. The van der Waals surface area contributed by atoms with Crippen molar-refractivity contribution in [3.8, 4) is 0 Å². The Bertz CT molecular complexity index is 192. The molecule has 3 heteroatoms. The van der Waals surface area contributed by atoms with E-state index in [1.165, 1.54) is 12.8 Å². The van der Waals surface area contributed by atoms with Crippen molar-refractivity contribution in [2.45, 2.75) is 65.5 Å². The van der Waals surface area contributed by atoms with Gasteiger partial charge < -0.3 is 16.8 Å². The van der Waals surface area contributed by atoms with Crippen LogP contribution < -0.4 is 16.8 Å². The van der Waals surface area contributed by atoms with Gasteiger partial charge in [0, 0.05) is 11.1 Å². The summed E-state index contributed by atoms with van der Waals surface area (Å²) >= 11 is 0. The minimum Gasteiger partial charge on any atom is -0.330 e. The Morgan fingerprint density at radius 1 is 1.00 bits per heavy atom. The Labute approximate surface area is 108 Å². The third kappa shape index (κ3) is 5.36. The first-order valence-corrected chi connectivity index (χ1v) is 6.99. The molecule has 0 spiro atoms. The summed E-state index contributed by atoms with van der Waals surface area (Å²) in [7, 11) is 0. The second-order valence-corrected chi connectivity index (χ2v) is 6.29. The highest BCUT2D eigenvalue weighted by Gasteiger charge is 2.39. The first kappa shape index (κ1) is 16.9. The maximum Gasteiger partial charge on any atom is 0.0132 e. The number of nitrogens with two attached hydrogens (primary N) is 2. The van der Waals surface area contributed by atoms with E-state index < -0.39 is 0 Å². The Hall–Kier alpha value is -0.120. The predicted octanol–water partition coefficient (Wildman–Crippen LogP) is 2.10. The highest BCUT2D eigenvalue weighted by atomic mass is 15.0. The van der Waals surface area contributed by atoms with Crippen molar-refractivity contribution in [3.63, 3.8) is 0 Å². The van der Waals surface area contributed by atoms with Crippen LogP contribution in [-0.4, -0.2) is 24.2 Å². The van der Waals surface area contributed by atoms with Crippen LogP contribution >= 0.6 is 0 Å². The van der Waals surface area contributed by atoms with Crippen molar-refractivity contribution in [3.05, 3.63) is 0 Å². The largest absolute Gasteiger partial charge is 0.330 e. The van der Waals surface area contributed by atoms with Crippen LogP contribution in [0.3, 0.4) is 0 Å². The fourth-order valence-electron chi connectivity index (χ4n) is 3.22. The van der Waals surface area contributed by atoms with E-state index in [4.69, 9.17) is 11.5 Å². The van der Waals surface area contributed by atoms with Gasteiger partial charge in [0.05, 0.1) is 0 Å². The van der Waals surface area contributed by atoms with Gasteiger partial charge in [-0.1, -0.05) is 13.8 Å². The zero-order valence-corrected chi connectivity index (χ0v) is 12.6. The maximum absolute atomic E-state index is 5.79. The molecule has 0 amide bonds. The summed E-state index contributed by atoms with van der Waals surface area (Å²) in [4.78, 5) is 0. The topological polar surface area (TPSA) is 64.1 Å². The second-order valence-electron chi connectivity index (χ2n) is 6.29. The second kappa shape index (κ2) is 6.72. The Balaban J connectivity index is 0.00000121. The van der Waals surface area contributed by atoms with Crippen molar-refractivity contribution >= 4 is 0 Å². The molecule has 1 fully saturated rings. The predicted molar refractivity (Wildman–Crippen MR) is 77.0 cm³/mol. The lowest BCUT2D eigenvalue weighted by Gasteiger charge is -2.48. The zero-order valence-electron chi connectivity index (χ0n) is 12.6. The molecule has 0 saturated carbocycles. The van der Waals surface area contributed by atoms with Gasteiger partial charge in [0.25, 0.3) is 0 Å². The summed E-state index contributed by atoms with van der Waals surface area (Å²) in [6.45, 7) is 14.5. The first-order valence-electron chi connectivity index (χ1n) is 6.99. The Kier molecular flexibility index (Phi) is 6.67. The van der Waals surface area contributed by atoms with Crippen LogP contribution in [0.2, 0.25) is 0 Å². The van der Waals surface area contributed by atoms with Gasteiger partial charge in [0.2, 0.25) is 0 Å². The van der Waals surface area contributed by atoms with E-state index in [2.05, 4.69) is 33.0 Å². The van der Waals surface area contributed by atoms with Crippen LogP contribution in [-0.2, 0) is 0 Å². The van der Waals surface area contributed by atoms with Gasteiger partial charge in [-0.15, -0.1) is 0 Å². The summed E-state index contributed by atoms with van der Waals surface area (Å²) < 4.78 is 0. The molecule has 5 N–H and O–H groups in total. The number of piperidine rings is 1. The fourth-order valence-corrected chi connectivity index (χ4v) is 3.22. The van der Waals surface area contributed by atoms with E-state index in [1.54, 1.807) is 0 Å². The number of hydrogen-bond acceptors (Lipinski definition) is 3. The highest BCUT2D eigenvalue weighted by Crippen LogP contribution is 2.36. The summed E-state index contributed by atoms with van der Waals surface area (Å²) in [6.07, 6.45) is 2.35. The van der Waals surface area contributed by atoms with Crippen molar-refractivity contribution in [2.24, 2.45) is 23.3 Å². The van der Waals surface area contributed by atoms with Gasteiger partial charge in [-0.05, 0) is 65.5 Å². The van der Waals surface area contributed by atoms with Crippen LogP contribution in [0.1, 0.15) is 54.4 Å². The number of rotatable bonds is 3. The van der Waals surface area contributed by atoms with Gasteiger partial charge in [0.15, 0.2) is 0 Å². The van der Waals surface area contributed by atoms with Gasteiger partial charge >= 0.3 is 0 Å². The minimum atomic E-state index is 0.203. The summed E-state index contributed by atoms with van der Waals surface area (Å²) in [5, 5.41) is 3.68. The normalized spacial score (nSPS) is 23.1. The molecule has 0 atom stereocenters. The molecular weight excluding hydrogens is 210 g/mol. The SMILES string of the molecule is CC.CC1(C)CC(C(CN)CN)CC(C)(C)N1. The van der Waals surface area contributed by atoms with Crippen LogP contribution in [0, 0.1) is 11.8 Å². The monoisotopic (exact) mass is 243 g/mol. The molecule has 1 aliphatic rings. The molecule has 1 heterocycles. The highest BCUT2D eigenvalue weighted by molar-refractivity contribution is 4.98. The summed E-state index contributed by atoms with van der Waals surface area (Å²) in [5.74, 6) is 1.14. The average Bonchev–Trinajstić information content (AvgIpc) is 2.18. The molecule has 0 aliphatic carbocycles. The molecule has 0 aromatic rings. The van der Waals surface area contributed by atoms with Gasteiger partial charge in [-0.2, -0.15) is 0 Å². The van der Waals surface area contributed by atoms with E-state index in [1.807, 2.05) is 13.8 Å². The van der Waals surface area contributed by atoms with Crippen molar-refractivity contribution < 1.29 is 0 Å². The van der Waals surface area contributed by atoms with Gasteiger partial charge in [-0.25, -0.2) is 0 Å². The standard InChI is InChI=1S/C12H27N3.C2H6/c1-11(2)5-9(10(7-13)8-14)6-12(3,4)15-11;1-2/h9-10,15H,5-8,13-14H2,1-4H3;1-2H3. The van der Waals surface area contributed by atoms with Gasteiger partial charge in [-0.3, -0.25) is 0 Å². The molecule has 104 valence electrons. The molecule has 0 radical (unpaired) electrons. The van der Waals surface area contributed by atoms with E-state index in [0.29, 0.717) is 24.9 Å². The van der Waals surface area contributed by atoms with E-state index in [-0.39, 0.29) is 11.1 Å². The first-order chi connectivity index (χ1) is 7.79. The molecule has 1 saturated heterocycles. The molecule has 0 unspecified atom stereocenters. The third-order valence-electron chi connectivity index (χ3n) is 3.49. The minimum absolute atomic E-state index is 0.203. The maximum atomic E-state index is 5.79. The molecule has 0 bridgehead atoms. The molecule has 1 aliphatic heterocycles. The van der Waals surface area contributed by atoms with Crippen molar-refractivity contribution in [1.29, 1.82) is 0 Å². The molecule has 0 aromatic heterocycles. The summed E-state index contributed by atoms with van der Waals surface area (Å²) in [6, 6.07) is 0. The van der Waals surface area contributed by atoms with E-state index in [9.17, 15) is 0 Å². The number of hydrogen-bond donors (Lipinski definition) is 3. The van der Waals surface area contributed by atoms with Crippen LogP contribution in [0.4, 0.5) is 0 Å². The Morgan fingerprint density at radius 3 is 1.65 bits per heavy atom.